The molecule has 0 unspecified atom stereocenters. The first-order valence-corrected chi connectivity index (χ1v) is 3.87. The van der Waals surface area contributed by atoms with E-state index in [1.165, 1.54) is 6.42 Å². The fourth-order valence-electron chi connectivity index (χ4n) is 1.58. The molecule has 2 heteroatoms. The smallest absolute Gasteiger partial charge is 0.102 e. The Hall–Kier alpha value is -0.500. The number of likely N-dealkylation sites (tertiary alicyclic amines) is 1. The van der Waals surface area contributed by atoms with Crippen LogP contribution in [0.15, 0.2) is 12.3 Å². The summed E-state index contributed by atoms with van der Waals surface area (Å²) in [7, 11) is 0. The Labute approximate surface area is 62.2 Å². The molecule has 0 aromatic carbocycles. The maximum absolute atomic E-state index is 9.12. The van der Waals surface area contributed by atoms with Crippen molar-refractivity contribution in [3.63, 3.8) is 0 Å². The van der Waals surface area contributed by atoms with Gasteiger partial charge in [-0.05, 0) is 25.9 Å². The van der Waals surface area contributed by atoms with Crippen molar-refractivity contribution in [3.05, 3.63) is 12.3 Å². The number of hydrogen-bond donors (Lipinski definition) is 1. The molecule has 10 heavy (non-hydrogen) atoms. The summed E-state index contributed by atoms with van der Waals surface area (Å²) in [6, 6.07) is 0.241. The highest BCUT2D eigenvalue weighted by atomic mass is 16.3. The first-order chi connectivity index (χ1) is 4.75. The van der Waals surface area contributed by atoms with Crippen LogP contribution in [0.4, 0.5) is 0 Å². The van der Waals surface area contributed by atoms with E-state index in [1.807, 2.05) is 0 Å². The first-order valence-electron chi connectivity index (χ1n) is 3.87. The van der Waals surface area contributed by atoms with Crippen molar-refractivity contribution >= 4 is 0 Å². The third-order valence-electron chi connectivity index (χ3n) is 2.15. The van der Waals surface area contributed by atoms with Crippen LogP contribution in [-0.2, 0) is 0 Å². The van der Waals surface area contributed by atoms with Crippen LogP contribution in [0.5, 0.6) is 0 Å². The molecule has 1 rings (SSSR count). The molecular weight excluding hydrogens is 126 g/mol. The van der Waals surface area contributed by atoms with Gasteiger partial charge in [0.2, 0.25) is 0 Å². The predicted octanol–water partition coefficient (Wildman–Crippen LogP) is 1.54. The van der Waals surface area contributed by atoms with Crippen molar-refractivity contribution < 1.29 is 5.11 Å². The summed E-state index contributed by atoms with van der Waals surface area (Å²) >= 11 is 0. The molecule has 0 bridgehead atoms. The lowest BCUT2D eigenvalue weighted by Gasteiger charge is -2.20. The lowest BCUT2D eigenvalue weighted by atomic mass is 10.2. The quantitative estimate of drug-likeness (QED) is 0.590. The van der Waals surface area contributed by atoms with Crippen LogP contribution < -0.4 is 0 Å². The van der Waals surface area contributed by atoms with Gasteiger partial charge in [0.1, 0.15) is 5.76 Å². The minimum atomic E-state index is 0.241. The Bertz CT molecular complexity index is 133. The van der Waals surface area contributed by atoms with Crippen molar-refractivity contribution in [2.24, 2.45) is 0 Å². The minimum Gasteiger partial charge on any atom is -0.511 e. The summed E-state index contributed by atoms with van der Waals surface area (Å²) in [6.07, 6.45) is 2.27. The predicted molar refractivity (Wildman–Crippen MR) is 42.0 cm³/mol. The number of nitrogens with zero attached hydrogens (tertiary/aromatic N) is 1. The van der Waals surface area contributed by atoms with Crippen molar-refractivity contribution in [2.75, 3.05) is 13.1 Å². The van der Waals surface area contributed by atoms with Crippen LogP contribution in [-0.4, -0.2) is 29.1 Å². The Balaban J connectivity index is 2.50. The lowest BCUT2D eigenvalue weighted by Crippen LogP contribution is -2.30. The first kappa shape index (κ1) is 7.61. The molecule has 1 saturated heterocycles. The maximum atomic E-state index is 9.12. The van der Waals surface area contributed by atoms with Gasteiger partial charge in [0.25, 0.3) is 0 Å². The maximum Gasteiger partial charge on any atom is 0.102 e. The molecular formula is C8H15NO. The monoisotopic (exact) mass is 141 g/mol. The largest absolute Gasteiger partial charge is 0.511 e. The summed E-state index contributed by atoms with van der Waals surface area (Å²) in [5.74, 6) is 0.333. The molecule has 1 heterocycles. The van der Waals surface area contributed by atoms with E-state index in [1.54, 1.807) is 0 Å². The zero-order chi connectivity index (χ0) is 7.56. The molecule has 1 fully saturated rings. The topological polar surface area (TPSA) is 23.5 Å². The van der Waals surface area contributed by atoms with Gasteiger partial charge in [-0.3, -0.25) is 4.90 Å². The average molecular weight is 141 g/mol. The standard InChI is InChI=1S/C8H15NO/c1-3-9-6-4-5-8(9)7(2)10/h8,10H,2-6H2,1H3/t8-/m0/s1. The Morgan fingerprint density at radius 2 is 2.50 bits per heavy atom. The molecule has 0 saturated carbocycles. The van der Waals surface area contributed by atoms with E-state index >= 15 is 0 Å². The average Bonchev–Trinajstić information content (AvgIpc) is 2.33. The van der Waals surface area contributed by atoms with Crippen LogP contribution in [0.2, 0.25) is 0 Å². The number of rotatable bonds is 2. The lowest BCUT2D eigenvalue weighted by molar-refractivity contribution is 0.230. The van der Waals surface area contributed by atoms with Gasteiger partial charge < -0.3 is 5.11 Å². The van der Waals surface area contributed by atoms with Crippen molar-refractivity contribution in [2.45, 2.75) is 25.8 Å². The van der Waals surface area contributed by atoms with E-state index in [2.05, 4.69) is 18.4 Å². The fraction of sp³-hybridized carbons (Fsp3) is 0.750. The molecule has 1 N–H and O–H groups in total. The molecule has 0 aliphatic carbocycles. The summed E-state index contributed by atoms with van der Waals surface area (Å²) < 4.78 is 0. The third kappa shape index (κ3) is 1.32. The highest BCUT2D eigenvalue weighted by Gasteiger charge is 2.24. The highest BCUT2D eigenvalue weighted by molar-refractivity contribution is 4.98. The van der Waals surface area contributed by atoms with Gasteiger partial charge >= 0.3 is 0 Å². The van der Waals surface area contributed by atoms with Gasteiger partial charge in [0, 0.05) is 0 Å². The molecule has 1 aliphatic heterocycles. The molecule has 0 amide bonds. The summed E-state index contributed by atoms with van der Waals surface area (Å²) in [4.78, 5) is 2.25. The number of aliphatic hydroxyl groups is 1. The van der Waals surface area contributed by atoms with Crippen LogP contribution in [0.25, 0.3) is 0 Å². The normalized spacial score (nSPS) is 27.1. The second-order valence-electron chi connectivity index (χ2n) is 2.78. The van der Waals surface area contributed by atoms with Gasteiger partial charge in [-0.2, -0.15) is 0 Å². The summed E-state index contributed by atoms with van der Waals surface area (Å²) in [6.45, 7) is 7.79. The molecule has 0 spiro atoms. The second kappa shape index (κ2) is 3.06. The Kier molecular flexibility index (Phi) is 2.33. The van der Waals surface area contributed by atoms with Crippen molar-refractivity contribution in [1.82, 2.24) is 4.90 Å². The van der Waals surface area contributed by atoms with E-state index in [-0.39, 0.29) is 6.04 Å². The Morgan fingerprint density at radius 1 is 1.80 bits per heavy atom. The van der Waals surface area contributed by atoms with Gasteiger partial charge in [0.05, 0.1) is 6.04 Å². The van der Waals surface area contributed by atoms with Gasteiger partial charge in [0.15, 0.2) is 0 Å². The van der Waals surface area contributed by atoms with E-state index < -0.39 is 0 Å². The molecule has 1 atom stereocenters. The summed E-state index contributed by atoms with van der Waals surface area (Å²) in [5.41, 5.74) is 0. The second-order valence-corrected chi connectivity index (χ2v) is 2.78. The van der Waals surface area contributed by atoms with Crippen molar-refractivity contribution in [3.8, 4) is 0 Å². The number of likely N-dealkylation sites (N-methyl/N-ethyl adjacent to an activating group) is 1. The highest BCUT2D eigenvalue weighted by Crippen LogP contribution is 2.20. The van der Waals surface area contributed by atoms with E-state index in [0.29, 0.717) is 5.76 Å². The zero-order valence-electron chi connectivity index (χ0n) is 6.51. The van der Waals surface area contributed by atoms with Gasteiger partial charge in [-0.25, -0.2) is 0 Å². The van der Waals surface area contributed by atoms with E-state index in [9.17, 15) is 0 Å². The third-order valence-corrected chi connectivity index (χ3v) is 2.15. The molecule has 2 nitrogen and oxygen atoms in total. The molecule has 58 valence electrons. The molecule has 1 aliphatic rings. The number of aliphatic hydroxyl groups excluding tert-OH is 1. The Morgan fingerprint density at radius 3 is 2.90 bits per heavy atom. The number of hydrogen-bond acceptors (Lipinski definition) is 2. The zero-order valence-corrected chi connectivity index (χ0v) is 6.51. The van der Waals surface area contributed by atoms with Crippen LogP contribution >= 0.6 is 0 Å². The van der Waals surface area contributed by atoms with Crippen LogP contribution in [0.1, 0.15) is 19.8 Å². The molecule has 0 aromatic rings. The molecule has 0 aromatic heterocycles. The van der Waals surface area contributed by atoms with E-state index in [4.69, 9.17) is 5.11 Å². The molecule has 0 radical (unpaired) electrons. The minimum absolute atomic E-state index is 0.241. The van der Waals surface area contributed by atoms with E-state index in [0.717, 1.165) is 19.5 Å². The van der Waals surface area contributed by atoms with Crippen LogP contribution in [0, 0.1) is 0 Å². The summed E-state index contributed by atoms with van der Waals surface area (Å²) in [5, 5.41) is 9.12. The SMILES string of the molecule is C=C(O)[C@@H]1CCCN1CC. The fourth-order valence-corrected chi connectivity index (χ4v) is 1.58. The van der Waals surface area contributed by atoms with Gasteiger partial charge in [-0.15, -0.1) is 0 Å². The van der Waals surface area contributed by atoms with Gasteiger partial charge in [-0.1, -0.05) is 13.5 Å². The van der Waals surface area contributed by atoms with Crippen molar-refractivity contribution in [1.29, 1.82) is 0 Å². The van der Waals surface area contributed by atoms with Crippen LogP contribution in [0.3, 0.4) is 0 Å².